The van der Waals surface area contributed by atoms with Crippen LogP contribution in [0.5, 0.6) is 11.5 Å². The van der Waals surface area contributed by atoms with Crippen LogP contribution in [-0.4, -0.2) is 43.0 Å². The van der Waals surface area contributed by atoms with Crippen molar-refractivity contribution < 1.29 is 22.7 Å². The molecule has 0 spiro atoms. The molecule has 194 valence electrons. The fraction of sp³-hybridized carbons (Fsp3) is 0.214. The fourth-order valence-corrected chi connectivity index (χ4v) is 7.21. The van der Waals surface area contributed by atoms with Crippen LogP contribution in [0.1, 0.15) is 21.5 Å². The number of ether oxygens (including phenoxy) is 2. The number of amides is 1. The summed E-state index contributed by atoms with van der Waals surface area (Å²) in [4.78, 5) is 18.1. The predicted molar refractivity (Wildman–Crippen MR) is 145 cm³/mol. The molecular weight excluding hydrogens is 522 g/mol. The summed E-state index contributed by atoms with van der Waals surface area (Å²) < 4.78 is 42.3. The van der Waals surface area contributed by atoms with Crippen molar-refractivity contribution in [3.05, 3.63) is 94.8 Å². The maximum absolute atomic E-state index is 13.3. The smallest absolute Gasteiger partial charge is 0.279 e. The van der Waals surface area contributed by atoms with Crippen LogP contribution in [0, 0.1) is 0 Å². The molecule has 6 rings (SSSR count). The van der Waals surface area contributed by atoms with E-state index in [0.29, 0.717) is 61.1 Å². The highest BCUT2D eigenvalue weighted by Gasteiger charge is 2.28. The summed E-state index contributed by atoms with van der Waals surface area (Å²) in [5, 5.41) is 0. The number of fused-ring (bicyclic) bond motifs is 3. The lowest BCUT2D eigenvalue weighted by Gasteiger charge is -2.28. The number of carbonyl (C=O) groups excluding carboxylic acids is 1. The van der Waals surface area contributed by atoms with E-state index < -0.39 is 15.9 Å². The minimum atomic E-state index is -3.69. The van der Waals surface area contributed by atoms with Crippen LogP contribution in [0.25, 0.3) is 10.2 Å². The Labute approximate surface area is 224 Å². The fourth-order valence-electron chi connectivity index (χ4n) is 4.74. The number of sulfonamides is 1. The summed E-state index contributed by atoms with van der Waals surface area (Å²) in [6.07, 6.45) is 2.41. The molecule has 2 aliphatic rings. The SMILES string of the molecule is C=CCn1c(=NC(=O)c2ccc(S(=O)(=O)N3CCc4ccccc4C3)cc2)sc2cc3c(cc21)OCCO3. The van der Waals surface area contributed by atoms with Crippen molar-refractivity contribution in [1.82, 2.24) is 8.87 Å². The van der Waals surface area contributed by atoms with E-state index in [1.165, 1.54) is 45.5 Å². The third-order valence-corrected chi connectivity index (χ3v) is 9.59. The molecule has 0 unspecified atom stereocenters. The molecular formula is C28H25N3O5S2. The molecule has 0 fully saturated rings. The largest absolute Gasteiger partial charge is 0.486 e. The number of carbonyl (C=O) groups is 1. The molecule has 0 aliphatic carbocycles. The van der Waals surface area contributed by atoms with Crippen LogP contribution in [0.3, 0.4) is 0 Å². The van der Waals surface area contributed by atoms with Gasteiger partial charge in [-0.05, 0) is 41.8 Å². The lowest BCUT2D eigenvalue weighted by Crippen LogP contribution is -2.35. The van der Waals surface area contributed by atoms with Gasteiger partial charge in [-0.25, -0.2) is 8.42 Å². The molecule has 0 saturated heterocycles. The van der Waals surface area contributed by atoms with Crippen molar-refractivity contribution in [1.29, 1.82) is 0 Å². The van der Waals surface area contributed by atoms with Gasteiger partial charge >= 0.3 is 0 Å². The molecule has 0 radical (unpaired) electrons. The monoisotopic (exact) mass is 547 g/mol. The summed E-state index contributed by atoms with van der Waals surface area (Å²) in [5.74, 6) is 0.872. The van der Waals surface area contributed by atoms with Gasteiger partial charge in [0.25, 0.3) is 5.91 Å². The first-order chi connectivity index (χ1) is 18.4. The summed E-state index contributed by atoms with van der Waals surface area (Å²) in [7, 11) is -3.69. The molecule has 0 atom stereocenters. The normalized spacial score (nSPS) is 15.8. The van der Waals surface area contributed by atoms with E-state index in [0.717, 1.165) is 15.8 Å². The second kappa shape index (κ2) is 9.86. The van der Waals surface area contributed by atoms with Gasteiger partial charge in [0.2, 0.25) is 10.0 Å². The standard InChI is InChI=1S/C28H25N3O5S2/c1-2-12-31-23-16-24-25(36-15-14-35-24)17-26(23)37-28(31)29-27(32)20-7-9-22(10-8-20)38(33,34)30-13-11-19-5-3-4-6-21(19)18-30/h2-10,16-17H,1,11-15,18H2. The van der Waals surface area contributed by atoms with Gasteiger partial charge < -0.3 is 14.0 Å². The van der Waals surface area contributed by atoms with Crippen LogP contribution in [0.4, 0.5) is 0 Å². The Balaban J connectivity index is 1.29. The highest BCUT2D eigenvalue weighted by molar-refractivity contribution is 7.89. The number of allylic oxidation sites excluding steroid dienone is 1. The molecule has 0 N–H and O–H groups in total. The van der Waals surface area contributed by atoms with Gasteiger partial charge in [-0.15, -0.1) is 6.58 Å². The van der Waals surface area contributed by atoms with Crippen LogP contribution in [0.15, 0.2) is 83.2 Å². The molecule has 3 aromatic carbocycles. The summed E-state index contributed by atoms with van der Waals surface area (Å²) in [5.41, 5.74) is 3.37. The minimum Gasteiger partial charge on any atom is -0.486 e. The molecule has 0 bridgehead atoms. The van der Waals surface area contributed by atoms with Crippen LogP contribution in [-0.2, 0) is 29.5 Å². The Bertz CT molecular complexity index is 1740. The number of benzene rings is 3. The van der Waals surface area contributed by atoms with Crippen LogP contribution >= 0.6 is 11.3 Å². The van der Waals surface area contributed by atoms with Gasteiger partial charge in [-0.3, -0.25) is 4.79 Å². The van der Waals surface area contributed by atoms with Gasteiger partial charge in [0.15, 0.2) is 16.3 Å². The third kappa shape index (κ3) is 4.44. The topological polar surface area (TPSA) is 90.2 Å². The third-order valence-electron chi connectivity index (χ3n) is 6.69. The lowest BCUT2D eigenvalue weighted by molar-refractivity contribution is 0.0997. The minimum absolute atomic E-state index is 0.155. The van der Waals surface area contributed by atoms with Crippen LogP contribution in [0.2, 0.25) is 0 Å². The molecule has 3 heterocycles. The maximum atomic E-state index is 13.3. The summed E-state index contributed by atoms with van der Waals surface area (Å²) in [6.45, 7) is 6.02. The van der Waals surface area contributed by atoms with Crippen molar-refractivity contribution in [3.8, 4) is 11.5 Å². The zero-order valence-corrected chi connectivity index (χ0v) is 22.1. The van der Waals surface area contributed by atoms with Crippen molar-refractivity contribution in [2.45, 2.75) is 24.4 Å². The highest BCUT2D eigenvalue weighted by atomic mass is 32.2. The molecule has 0 saturated carbocycles. The van der Waals surface area contributed by atoms with Gasteiger partial charge in [-0.1, -0.05) is 41.7 Å². The molecule has 8 nitrogen and oxygen atoms in total. The van der Waals surface area contributed by atoms with Crippen LogP contribution < -0.4 is 14.3 Å². The number of aromatic nitrogens is 1. The first kappa shape index (κ1) is 24.6. The molecule has 1 amide bonds. The number of thiazole rings is 1. The summed E-state index contributed by atoms with van der Waals surface area (Å²) in [6, 6.07) is 17.7. The number of nitrogens with zero attached hydrogens (tertiary/aromatic N) is 3. The predicted octanol–water partition coefficient (Wildman–Crippen LogP) is 4.15. The Morgan fingerprint density at radius 2 is 1.74 bits per heavy atom. The zero-order chi connectivity index (χ0) is 26.3. The second-order valence-electron chi connectivity index (χ2n) is 9.05. The van der Waals surface area contributed by atoms with E-state index in [4.69, 9.17) is 9.47 Å². The Kier molecular flexibility index (Phi) is 6.38. The first-order valence-electron chi connectivity index (χ1n) is 12.2. The molecule has 2 aliphatic heterocycles. The molecule has 38 heavy (non-hydrogen) atoms. The Hall–Kier alpha value is -3.73. The maximum Gasteiger partial charge on any atom is 0.279 e. The van der Waals surface area contributed by atoms with Gasteiger partial charge in [0, 0.05) is 37.3 Å². The first-order valence-corrected chi connectivity index (χ1v) is 14.5. The second-order valence-corrected chi connectivity index (χ2v) is 12.0. The van der Waals surface area contributed by atoms with E-state index in [-0.39, 0.29) is 4.90 Å². The highest BCUT2D eigenvalue weighted by Crippen LogP contribution is 2.35. The van der Waals surface area contributed by atoms with Crippen molar-refractivity contribution in [2.75, 3.05) is 19.8 Å². The Morgan fingerprint density at radius 1 is 1.03 bits per heavy atom. The average molecular weight is 548 g/mol. The van der Waals surface area contributed by atoms with E-state index in [1.807, 2.05) is 41.0 Å². The van der Waals surface area contributed by atoms with Crippen molar-refractivity contribution >= 4 is 37.5 Å². The van der Waals surface area contributed by atoms with E-state index in [2.05, 4.69) is 11.6 Å². The molecule has 10 heteroatoms. The number of rotatable bonds is 5. The number of hydrogen-bond donors (Lipinski definition) is 0. The average Bonchev–Trinajstić information content (AvgIpc) is 3.27. The van der Waals surface area contributed by atoms with Gasteiger partial charge in [0.1, 0.15) is 13.2 Å². The summed E-state index contributed by atoms with van der Waals surface area (Å²) >= 11 is 1.37. The van der Waals surface area contributed by atoms with E-state index in [9.17, 15) is 13.2 Å². The van der Waals surface area contributed by atoms with Crippen molar-refractivity contribution in [2.24, 2.45) is 4.99 Å². The number of hydrogen-bond acceptors (Lipinski definition) is 6. The Morgan fingerprint density at radius 3 is 2.47 bits per heavy atom. The zero-order valence-electron chi connectivity index (χ0n) is 20.5. The van der Waals surface area contributed by atoms with Crippen molar-refractivity contribution in [3.63, 3.8) is 0 Å². The molecule has 1 aromatic heterocycles. The molecule has 4 aromatic rings. The van der Waals surface area contributed by atoms with Gasteiger partial charge in [-0.2, -0.15) is 9.30 Å². The quantitative estimate of drug-likeness (QED) is 0.350. The van der Waals surface area contributed by atoms with E-state index >= 15 is 0 Å². The lowest BCUT2D eigenvalue weighted by atomic mass is 10.0. The van der Waals surface area contributed by atoms with E-state index in [1.54, 1.807) is 6.08 Å². The van der Waals surface area contributed by atoms with Gasteiger partial charge in [0.05, 0.1) is 15.1 Å².